The van der Waals surface area contributed by atoms with Crippen LogP contribution in [-0.2, 0) is 11.2 Å². The lowest BCUT2D eigenvalue weighted by atomic mass is 10.1. The number of aliphatic carboxylic acids is 1. The molecule has 0 aliphatic rings. The fraction of sp³-hybridized carbons (Fsp3) is 0.0526. The molecule has 0 atom stereocenters. The zero-order valence-corrected chi connectivity index (χ0v) is 14.4. The van der Waals surface area contributed by atoms with E-state index in [0.717, 1.165) is 0 Å². The van der Waals surface area contributed by atoms with E-state index in [-0.39, 0.29) is 6.42 Å². The molecular formula is C19H13N7O2. The number of anilines is 2. The van der Waals surface area contributed by atoms with Crippen molar-refractivity contribution in [2.24, 2.45) is 0 Å². The smallest absolute Gasteiger partial charge is 0.307 e. The van der Waals surface area contributed by atoms with Gasteiger partial charge >= 0.3 is 5.97 Å². The standard InChI is InChI=1S/C19H13N7O2/c20-10-13-4-1-5-14(7-13)22-19-21-11-16-18(23-19)26(25-24-16)15-6-2-3-12(8-15)9-17(27)28/h1-8,11H,9H2,(H,27,28)(H,21,22,23). The Balaban J connectivity index is 1.70. The number of nitrogens with zero attached hydrogens (tertiary/aromatic N) is 6. The van der Waals surface area contributed by atoms with Gasteiger partial charge in [-0.25, -0.2) is 4.98 Å². The molecule has 9 nitrogen and oxygen atoms in total. The van der Waals surface area contributed by atoms with Gasteiger partial charge in [0.15, 0.2) is 11.2 Å². The second kappa shape index (κ2) is 7.13. The topological polar surface area (TPSA) is 130 Å². The third-order valence-electron chi connectivity index (χ3n) is 3.95. The monoisotopic (exact) mass is 371 g/mol. The van der Waals surface area contributed by atoms with E-state index in [1.165, 1.54) is 4.68 Å². The number of nitriles is 1. The van der Waals surface area contributed by atoms with Crippen LogP contribution < -0.4 is 5.32 Å². The molecule has 2 aromatic carbocycles. The van der Waals surface area contributed by atoms with Gasteiger partial charge in [-0.2, -0.15) is 14.9 Å². The van der Waals surface area contributed by atoms with Gasteiger partial charge in [0.2, 0.25) is 5.95 Å². The Morgan fingerprint density at radius 3 is 2.89 bits per heavy atom. The highest BCUT2D eigenvalue weighted by Crippen LogP contribution is 2.19. The van der Waals surface area contributed by atoms with Crippen LogP contribution in [0.15, 0.2) is 54.7 Å². The van der Waals surface area contributed by atoms with Gasteiger partial charge in [0.1, 0.15) is 0 Å². The summed E-state index contributed by atoms with van der Waals surface area (Å²) in [5, 5.41) is 29.2. The van der Waals surface area contributed by atoms with Crippen LogP contribution in [0.5, 0.6) is 0 Å². The van der Waals surface area contributed by atoms with Crippen LogP contribution in [0.1, 0.15) is 11.1 Å². The van der Waals surface area contributed by atoms with Crippen molar-refractivity contribution < 1.29 is 9.90 Å². The number of hydrogen-bond donors (Lipinski definition) is 2. The summed E-state index contributed by atoms with van der Waals surface area (Å²) in [5.74, 6) is -0.582. The fourth-order valence-corrected chi connectivity index (χ4v) is 2.73. The molecule has 0 fully saturated rings. The number of carbonyl (C=O) groups is 1. The van der Waals surface area contributed by atoms with Crippen LogP contribution in [0.2, 0.25) is 0 Å². The molecule has 0 radical (unpaired) electrons. The zero-order chi connectivity index (χ0) is 19.5. The highest BCUT2D eigenvalue weighted by atomic mass is 16.4. The van der Waals surface area contributed by atoms with E-state index >= 15 is 0 Å². The maximum absolute atomic E-state index is 11.0. The van der Waals surface area contributed by atoms with Gasteiger partial charge in [-0.3, -0.25) is 4.79 Å². The van der Waals surface area contributed by atoms with Gasteiger partial charge < -0.3 is 10.4 Å². The SMILES string of the molecule is N#Cc1cccc(Nc2ncc3nnn(-c4cccc(CC(=O)O)c4)c3n2)c1. The summed E-state index contributed by atoms with van der Waals surface area (Å²) in [7, 11) is 0. The normalized spacial score (nSPS) is 10.5. The van der Waals surface area contributed by atoms with Gasteiger partial charge in [-0.1, -0.05) is 23.4 Å². The molecule has 0 saturated heterocycles. The molecule has 9 heteroatoms. The second-order valence-corrected chi connectivity index (χ2v) is 5.96. The number of nitrogens with one attached hydrogen (secondary N) is 1. The molecule has 0 aliphatic carbocycles. The lowest BCUT2D eigenvalue weighted by molar-refractivity contribution is -0.136. The van der Waals surface area contributed by atoms with Gasteiger partial charge in [0, 0.05) is 5.69 Å². The molecular weight excluding hydrogens is 358 g/mol. The molecule has 28 heavy (non-hydrogen) atoms. The van der Waals surface area contributed by atoms with Crippen LogP contribution in [-0.4, -0.2) is 36.0 Å². The van der Waals surface area contributed by atoms with E-state index in [0.29, 0.717) is 39.6 Å². The van der Waals surface area contributed by atoms with Crippen LogP contribution in [0.3, 0.4) is 0 Å². The highest BCUT2D eigenvalue weighted by molar-refractivity contribution is 5.73. The summed E-state index contributed by atoms with van der Waals surface area (Å²) in [6.07, 6.45) is 1.46. The van der Waals surface area contributed by atoms with Crippen LogP contribution in [0.4, 0.5) is 11.6 Å². The average molecular weight is 371 g/mol. The predicted molar refractivity (Wildman–Crippen MR) is 100 cm³/mol. The summed E-state index contributed by atoms with van der Waals surface area (Å²) >= 11 is 0. The van der Waals surface area contributed by atoms with E-state index in [1.807, 2.05) is 0 Å². The number of benzene rings is 2. The van der Waals surface area contributed by atoms with Gasteiger partial charge in [-0.15, -0.1) is 5.10 Å². The van der Waals surface area contributed by atoms with Gasteiger partial charge in [-0.05, 0) is 35.9 Å². The molecule has 2 N–H and O–H groups in total. The van der Waals surface area contributed by atoms with Crippen molar-refractivity contribution in [2.75, 3.05) is 5.32 Å². The quantitative estimate of drug-likeness (QED) is 0.547. The number of aromatic nitrogens is 5. The minimum absolute atomic E-state index is 0.0858. The molecule has 0 unspecified atom stereocenters. The van der Waals surface area contributed by atoms with E-state index in [9.17, 15) is 4.79 Å². The predicted octanol–water partition coefficient (Wildman–Crippen LogP) is 2.45. The zero-order valence-electron chi connectivity index (χ0n) is 14.4. The van der Waals surface area contributed by atoms with Crippen molar-refractivity contribution in [3.63, 3.8) is 0 Å². The molecule has 136 valence electrons. The van der Waals surface area contributed by atoms with E-state index in [2.05, 4.69) is 31.7 Å². The van der Waals surface area contributed by atoms with E-state index in [1.54, 1.807) is 54.7 Å². The highest BCUT2D eigenvalue weighted by Gasteiger charge is 2.11. The first-order chi connectivity index (χ1) is 13.6. The summed E-state index contributed by atoms with van der Waals surface area (Å²) in [4.78, 5) is 19.7. The Kier molecular flexibility index (Phi) is 4.35. The Morgan fingerprint density at radius 1 is 1.21 bits per heavy atom. The van der Waals surface area contributed by atoms with E-state index in [4.69, 9.17) is 10.4 Å². The maximum Gasteiger partial charge on any atom is 0.307 e. The summed E-state index contributed by atoms with van der Waals surface area (Å²) in [6, 6.07) is 16.1. The van der Waals surface area contributed by atoms with Crippen molar-refractivity contribution in [3.05, 3.63) is 65.9 Å². The summed E-state index contributed by atoms with van der Waals surface area (Å²) in [6.45, 7) is 0. The molecule has 4 rings (SSSR count). The molecule has 4 aromatic rings. The Morgan fingerprint density at radius 2 is 2.07 bits per heavy atom. The van der Waals surface area contributed by atoms with Crippen LogP contribution in [0.25, 0.3) is 16.9 Å². The molecule has 2 heterocycles. The molecule has 0 bridgehead atoms. The first kappa shape index (κ1) is 17.1. The largest absolute Gasteiger partial charge is 0.481 e. The lowest BCUT2D eigenvalue weighted by Crippen LogP contribution is -2.04. The first-order valence-electron chi connectivity index (χ1n) is 8.29. The number of carboxylic acids is 1. The Labute approximate surface area is 158 Å². The minimum Gasteiger partial charge on any atom is -0.481 e. The average Bonchev–Trinajstić information content (AvgIpc) is 3.11. The molecule has 0 saturated carbocycles. The van der Waals surface area contributed by atoms with Crippen molar-refractivity contribution in [2.45, 2.75) is 6.42 Å². The molecule has 0 spiro atoms. The molecule has 2 aromatic heterocycles. The molecule has 0 amide bonds. The number of hydrogen-bond acceptors (Lipinski definition) is 7. The Bertz CT molecular complexity index is 1230. The van der Waals surface area contributed by atoms with E-state index < -0.39 is 5.97 Å². The van der Waals surface area contributed by atoms with Gasteiger partial charge in [0.05, 0.1) is 29.9 Å². The Hall–Kier alpha value is -4.32. The van der Waals surface area contributed by atoms with Crippen LogP contribution >= 0.6 is 0 Å². The third-order valence-corrected chi connectivity index (χ3v) is 3.95. The van der Waals surface area contributed by atoms with Crippen molar-refractivity contribution in [1.82, 2.24) is 25.0 Å². The number of fused-ring (bicyclic) bond motifs is 1. The van der Waals surface area contributed by atoms with Gasteiger partial charge in [0.25, 0.3) is 0 Å². The van der Waals surface area contributed by atoms with Crippen LogP contribution in [0, 0.1) is 11.3 Å². The maximum atomic E-state index is 11.0. The fourth-order valence-electron chi connectivity index (χ4n) is 2.73. The number of carboxylic acid groups (broad SMARTS) is 1. The summed E-state index contributed by atoms with van der Waals surface area (Å²) in [5.41, 5.74) is 3.47. The molecule has 0 aliphatic heterocycles. The van der Waals surface area contributed by atoms with Crippen molar-refractivity contribution >= 4 is 28.8 Å². The number of rotatable bonds is 5. The first-order valence-corrected chi connectivity index (χ1v) is 8.29. The summed E-state index contributed by atoms with van der Waals surface area (Å²) < 4.78 is 1.53. The second-order valence-electron chi connectivity index (χ2n) is 5.96. The third kappa shape index (κ3) is 3.47. The van der Waals surface area contributed by atoms with Crippen molar-refractivity contribution in [3.8, 4) is 11.8 Å². The lowest BCUT2D eigenvalue weighted by Gasteiger charge is -2.06. The minimum atomic E-state index is -0.908. The van der Waals surface area contributed by atoms with Crippen molar-refractivity contribution in [1.29, 1.82) is 5.26 Å².